The van der Waals surface area contributed by atoms with E-state index in [1.807, 2.05) is 43.3 Å². The number of furan rings is 1. The van der Waals surface area contributed by atoms with Gasteiger partial charge in [0.25, 0.3) is 5.91 Å². The van der Waals surface area contributed by atoms with Crippen LogP contribution in [0.25, 0.3) is 11.3 Å². The van der Waals surface area contributed by atoms with E-state index in [-0.39, 0.29) is 11.9 Å². The normalized spacial score (nSPS) is 15.7. The maximum atomic E-state index is 13.3. The zero-order valence-corrected chi connectivity index (χ0v) is 18.7. The summed E-state index contributed by atoms with van der Waals surface area (Å²) in [6.07, 6.45) is 11.5. The number of likely N-dealkylation sites (tertiary alicyclic amines) is 1. The molecule has 32 heavy (non-hydrogen) atoms. The van der Waals surface area contributed by atoms with Crippen molar-refractivity contribution in [2.24, 2.45) is 0 Å². The van der Waals surface area contributed by atoms with Gasteiger partial charge in [-0.25, -0.2) is 9.97 Å². The Balaban J connectivity index is 1.57. The van der Waals surface area contributed by atoms with Gasteiger partial charge >= 0.3 is 0 Å². The van der Waals surface area contributed by atoms with E-state index in [9.17, 15) is 4.79 Å². The molecule has 1 atom stereocenters. The molecule has 3 aromatic rings. The monoisotopic (exact) mass is 434 g/mol. The molecule has 3 aromatic heterocycles. The van der Waals surface area contributed by atoms with E-state index in [0.717, 1.165) is 37.3 Å². The first-order valence-corrected chi connectivity index (χ1v) is 11.1. The highest BCUT2D eigenvalue weighted by Gasteiger charge is 2.25. The summed E-state index contributed by atoms with van der Waals surface area (Å²) in [4.78, 5) is 30.7. The average molecular weight is 435 g/mol. The molecule has 1 unspecified atom stereocenters. The number of nitrogens with zero attached hydrogens (tertiary/aromatic N) is 5. The van der Waals surface area contributed by atoms with E-state index < -0.39 is 0 Å². The van der Waals surface area contributed by atoms with Crippen molar-refractivity contribution < 1.29 is 9.21 Å². The fourth-order valence-corrected chi connectivity index (χ4v) is 4.06. The van der Waals surface area contributed by atoms with Crippen molar-refractivity contribution in [1.82, 2.24) is 25.2 Å². The number of anilines is 1. The number of hydrogen-bond donors (Lipinski definition) is 1. The molecule has 0 bridgehead atoms. The van der Waals surface area contributed by atoms with Crippen LogP contribution in [0.2, 0.25) is 0 Å². The molecule has 8 nitrogen and oxygen atoms in total. The Bertz CT molecular complexity index is 999. The van der Waals surface area contributed by atoms with Crippen LogP contribution in [0, 0.1) is 0 Å². The molecule has 1 fully saturated rings. The summed E-state index contributed by atoms with van der Waals surface area (Å²) in [6.45, 7) is 2.46. The van der Waals surface area contributed by atoms with Gasteiger partial charge in [0.1, 0.15) is 5.76 Å². The van der Waals surface area contributed by atoms with Gasteiger partial charge in [0.05, 0.1) is 23.6 Å². The SMILES string of the molecule is CN(C)c1ncc(C(=O)NCC(c2ccco2)N2CCCCCC2)c(-c2cccnc2)n1. The van der Waals surface area contributed by atoms with Gasteiger partial charge in [-0.3, -0.25) is 14.7 Å². The maximum Gasteiger partial charge on any atom is 0.255 e. The van der Waals surface area contributed by atoms with E-state index in [4.69, 9.17) is 4.42 Å². The Morgan fingerprint density at radius 1 is 1.16 bits per heavy atom. The molecule has 1 amide bonds. The molecule has 1 aliphatic rings. The molecule has 0 saturated carbocycles. The van der Waals surface area contributed by atoms with Crippen LogP contribution < -0.4 is 10.2 Å². The summed E-state index contributed by atoms with van der Waals surface area (Å²) in [6, 6.07) is 7.61. The van der Waals surface area contributed by atoms with Crippen molar-refractivity contribution in [2.45, 2.75) is 31.7 Å². The molecule has 0 aliphatic carbocycles. The van der Waals surface area contributed by atoms with Crippen molar-refractivity contribution in [2.75, 3.05) is 38.6 Å². The third-order valence-corrected chi connectivity index (χ3v) is 5.76. The van der Waals surface area contributed by atoms with Gasteiger partial charge in [0.2, 0.25) is 5.95 Å². The predicted octanol–water partition coefficient (Wildman–Crippen LogP) is 3.54. The molecular formula is C24H30N6O2. The summed E-state index contributed by atoms with van der Waals surface area (Å²) >= 11 is 0. The zero-order chi connectivity index (χ0) is 22.3. The minimum atomic E-state index is -0.208. The fourth-order valence-electron chi connectivity index (χ4n) is 4.06. The molecule has 4 heterocycles. The highest BCUT2D eigenvalue weighted by Crippen LogP contribution is 2.26. The second kappa shape index (κ2) is 10.4. The average Bonchev–Trinajstić information content (AvgIpc) is 3.22. The molecule has 4 rings (SSSR count). The molecule has 0 aromatic carbocycles. The number of hydrogen-bond acceptors (Lipinski definition) is 7. The smallest absolute Gasteiger partial charge is 0.255 e. The standard InChI is InChI=1S/C24H30N6O2/c1-29(2)24-27-16-19(22(28-24)18-9-7-11-25-15-18)23(31)26-17-20(21-10-8-14-32-21)30-12-5-3-4-6-13-30/h7-11,14-16,20H,3-6,12-13,17H2,1-2H3,(H,26,31). The summed E-state index contributed by atoms with van der Waals surface area (Å²) in [5.41, 5.74) is 1.77. The molecule has 0 radical (unpaired) electrons. The Morgan fingerprint density at radius 3 is 2.62 bits per heavy atom. The van der Waals surface area contributed by atoms with E-state index in [2.05, 4.69) is 25.2 Å². The lowest BCUT2D eigenvalue weighted by Gasteiger charge is -2.29. The number of amides is 1. The van der Waals surface area contributed by atoms with Crippen LogP contribution in [0.4, 0.5) is 5.95 Å². The lowest BCUT2D eigenvalue weighted by molar-refractivity contribution is 0.0927. The van der Waals surface area contributed by atoms with Gasteiger partial charge in [0.15, 0.2) is 0 Å². The van der Waals surface area contributed by atoms with E-state index in [1.165, 1.54) is 12.8 Å². The van der Waals surface area contributed by atoms with E-state index in [1.54, 1.807) is 24.9 Å². The van der Waals surface area contributed by atoms with Gasteiger partial charge in [-0.05, 0) is 50.2 Å². The second-order valence-electron chi connectivity index (χ2n) is 8.26. The number of pyridine rings is 1. The topological polar surface area (TPSA) is 87.4 Å². The Kier molecular flexibility index (Phi) is 7.11. The van der Waals surface area contributed by atoms with Crippen molar-refractivity contribution in [1.29, 1.82) is 0 Å². The lowest BCUT2D eigenvalue weighted by Crippen LogP contribution is -2.38. The summed E-state index contributed by atoms with van der Waals surface area (Å²) in [5, 5.41) is 3.11. The Hall–Kier alpha value is -3.26. The molecule has 1 saturated heterocycles. The number of carbonyl (C=O) groups is 1. The summed E-state index contributed by atoms with van der Waals surface area (Å²) < 4.78 is 5.73. The van der Waals surface area contributed by atoms with Gasteiger partial charge < -0.3 is 14.6 Å². The quantitative estimate of drug-likeness (QED) is 0.608. The van der Waals surface area contributed by atoms with Gasteiger partial charge in [-0.2, -0.15) is 0 Å². The van der Waals surface area contributed by atoms with Crippen LogP contribution in [0.15, 0.2) is 53.5 Å². The largest absolute Gasteiger partial charge is 0.468 e. The third kappa shape index (κ3) is 5.13. The first-order valence-electron chi connectivity index (χ1n) is 11.1. The highest BCUT2D eigenvalue weighted by molar-refractivity contribution is 5.99. The summed E-state index contributed by atoms with van der Waals surface area (Å²) in [5.74, 6) is 1.21. The van der Waals surface area contributed by atoms with Crippen LogP contribution in [0.1, 0.15) is 47.8 Å². The molecule has 1 aliphatic heterocycles. The first kappa shape index (κ1) is 22.0. The van der Waals surface area contributed by atoms with Crippen LogP contribution >= 0.6 is 0 Å². The molecule has 168 valence electrons. The van der Waals surface area contributed by atoms with Crippen molar-refractivity contribution in [3.8, 4) is 11.3 Å². The van der Waals surface area contributed by atoms with Gasteiger partial charge in [-0.1, -0.05) is 12.8 Å². The number of nitrogens with one attached hydrogen (secondary N) is 1. The highest BCUT2D eigenvalue weighted by atomic mass is 16.3. The van der Waals surface area contributed by atoms with Crippen LogP contribution in [0.3, 0.4) is 0 Å². The fraction of sp³-hybridized carbons (Fsp3) is 0.417. The van der Waals surface area contributed by atoms with Crippen LogP contribution in [-0.4, -0.2) is 59.5 Å². The van der Waals surface area contributed by atoms with E-state index >= 15 is 0 Å². The predicted molar refractivity (Wildman–Crippen MR) is 123 cm³/mol. The molecular weight excluding hydrogens is 404 g/mol. The summed E-state index contributed by atoms with van der Waals surface area (Å²) in [7, 11) is 3.74. The van der Waals surface area contributed by atoms with Crippen molar-refractivity contribution >= 4 is 11.9 Å². The Labute approximate surface area is 188 Å². The first-order chi connectivity index (χ1) is 15.6. The number of carbonyl (C=O) groups excluding carboxylic acids is 1. The number of aromatic nitrogens is 3. The molecule has 8 heteroatoms. The van der Waals surface area contributed by atoms with Crippen molar-refractivity contribution in [3.05, 3.63) is 60.4 Å². The van der Waals surface area contributed by atoms with Crippen LogP contribution in [0.5, 0.6) is 0 Å². The lowest BCUT2D eigenvalue weighted by atomic mass is 10.1. The third-order valence-electron chi connectivity index (χ3n) is 5.76. The van der Waals surface area contributed by atoms with Crippen molar-refractivity contribution in [3.63, 3.8) is 0 Å². The second-order valence-corrected chi connectivity index (χ2v) is 8.26. The molecule has 0 spiro atoms. The van der Waals surface area contributed by atoms with E-state index in [0.29, 0.717) is 23.8 Å². The van der Waals surface area contributed by atoms with Gasteiger partial charge in [0, 0.05) is 44.8 Å². The van der Waals surface area contributed by atoms with Gasteiger partial charge in [-0.15, -0.1) is 0 Å². The number of rotatable bonds is 7. The zero-order valence-electron chi connectivity index (χ0n) is 18.7. The van der Waals surface area contributed by atoms with Crippen LogP contribution in [-0.2, 0) is 0 Å². The minimum absolute atomic E-state index is 0.00383. The Morgan fingerprint density at radius 2 is 1.97 bits per heavy atom. The minimum Gasteiger partial charge on any atom is -0.468 e. The molecule has 1 N–H and O–H groups in total. The maximum absolute atomic E-state index is 13.3.